The molecule has 5 nitrogen and oxygen atoms in total. The lowest BCUT2D eigenvalue weighted by Gasteiger charge is -2.26. The van der Waals surface area contributed by atoms with Crippen LogP contribution in [-0.4, -0.2) is 26.6 Å². The van der Waals surface area contributed by atoms with Gasteiger partial charge < -0.3 is 10.4 Å². The summed E-state index contributed by atoms with van der Waals surface area (Å²) in [6, 6.07) is 19.5. The number of nitrogens with one attached hydrogen (secondary N) is 1. The molecule has 0 saturated heterocycles. The molecule has 2 aromatic carbocycles. The van der Waals surface area contributed by atoms with E-state index in [1.54, 1.807) is 4.68 Å². The Balaban J connectivity index is 1.65. The highest BCUT2D eigenvalue weighted by atomic mass is 16.3. The molecule has 0 aliphatic carbocycles. The number of aromatic nitrogens is 3. The zero-order valence-corrected chi connectivity index (χ0v) is 13.9. The van der Waals surface area contributed by atoms with Crippen molar-refractivity contribution in [2.45, 2.75) is 25.5 Å². The standard InChI is InChI=1S/C19H22N4O/c1-15(20-14-19(2,24)16-9-5-3-6-10-16)18-13-23(22-21-18)17-11-7-4-8-12-17/h3-13,15,20,24H,14H2,1-2H3. The molecule has 0 spiro atoms. The van der Waals surface area contributed by atoms with Crippen LogP contribution in [-0.2, 0) is 5.60 Å². The van der Waals surface area contributed by atoms with E-state index in [0.717, 1.165) is 16.9 Å². The third-order valence-electron chi connectivity index (χ3n) is 4.12. The van der Waals surface area contributed by atoms with Crippen molar-refractivity contribution in [3.05, 3.63) is 78.1 Å². The fourth-order valence-corrected chi connectivity index (χ4v) is 2.54. The van der Waals surface area contributed by atoms with Gasteiger partial charge in [0.1, 0.15) is 0 Å². The van der Waals surface area contributed by atoms with E-state index in [1.165, 1.54) is 0 Å². The zero-order valence-electron chi connectivity index (χ0n) is 13.9. The number of para-hydroxylation sites is 1. The minimum Gasteiger partial charge on any atom is -0.384 e. The van der Waals surface area contributed by atoms with Gasteiger partial charge in [-0.25, -0.2) is 4.68 Å². The van der Waals surface area contributed by atoms with Gasteiger partial charge in [-0.3, -0.25) is 0 Å². The van der Waals surface area contributed by atoms with E-state index in [2.05, 4.69) is 15.6 Å². The molecule has 0 amide bonds. The van der Waals surface area contributed by atoms with Crippen LogP contribution in [0.25, 0.3) is 5.69 Å². The highest BCUT2D eigenvalue weighted by Crippen LogP contribution is 2.20. The highest BCUT2D eigenvalue weighted by Gasteiger charge is 2.24. The number of aliphatic hydroxyl groups is 1. The number of rotatable bonds is 6. The summed E-state index contributed by atoms with van der Waals surface area (Å²) in [4.78, 5) is 0. The van der Waals surface area contributed by atoms with Crippen molar-refractivity contribution in [2.75, 3.05) is 6.54 Å². The lowest BCUT2D eigenvalue weighted by molar-refractivity contribution is 0.0542. The minimum absolute atomic E-state index is 0.0161. The molecule has 2 unspecified atom stereocenters. The molecule has 2 N–H and O–H groups in total. The van der Waals surface area contributed by atoms with Gasteiger partial charge in [0.25, 0.3) is 0 Å². The van der Waals surface area contributed by atoms with Crippen molar-refractivity contribution >= 4 is 0 Å². The van der Waals surface area contributed by atoms with Crippen molar-refractivity contribution in [1.29, 1.82) is 0 Å². The van der Waals surface area contributed by atoms with Crippen LogP contribution in [0.2, 0.25) is 0 Å². The molecule has 1 aromatic heterocycles. The zero-order chi connectivity index (χ0) is 17.0. The maximum absolute atomic E-state index is 10.7. The summed E-state index contributed by atoms with van der Waals surface area (Å²) in [5, 5.41) is 22.4. The molecule has 3 aromatic rings. The summed E-state index contributed by atoms with van der Waals surface area (Å²) < 4.78 is 1.75. The monoisotopic (exact) mass is 322 g/mol. The summed E-state index contributed by atoms with van der Waals surface area (Å²) >= 11 is 0. The van der Waals surface area contributed by atoms with Gasteiger partial charge in [0.15, 0.2) is 0 Å². The summed E-state index contributed by atoms with van der Waals surface area (Å²) in [7, 11) is 0. The lowest BCUT2D eigenvalue weighted by Crippen LogP contribution is -2.36. The Morgan fingerprint density at radius 2 is 1.71 bits per heavy atom. The molecule has 3 rings (SSSR count). The Hall–Kier alpha value is -2.50. The third kappa shape index (κ3) is 3.69. The second-order valence-corrected chi connectivity index (χ2v) is 6.17. The predicted molar refractivity (Wildman–Crippen MR) is 93.8 cm³/mol. The number of nitrogens with zero attached hydrogens (tertiary/aromatic N) is 3. The first kappa shape index (κ1) is 16.4. The summed E-state index contributed by atoms with van der Waals surface area (Å²) in [6.07, 6.45) is 1.91. The summed E-state index contributed by atoms with van der Waals surface area (Å²) in [5.41, 5.74) is 1.75. The topological polar surface area (TPSA) is 63.0 Å². The highest BCUT2D eigenvalue weighted by molar-refractivity contribution is 5.30. The van der Waals surface area contributed by atoms with Crippen molar-refractivity contribution in [3.8, 4) is 5.69 Å². The van der Waals surface area contributed by atoms with E-state index in [4.69, 9.17) is 0 Å². The maximum Gasteiger partial charge on any atom is 0.0998 e. The van der Waals surface area contributed by atoms with Crippen molar-refractivity contribution in [1.82, 2.24) is 20.3 Å². The van der Waals surface area contributed by atoms with Gasteiger partial charge in [0, 0.05) is 6.54 Å². The average molecular weight is 322 g/mol. The van der Waals surface area contributed by atoms with Gasteiger partial charge in [0.05, 0.1) is 29.2 Å². The third-order valence-corrected chi connectivity index (χ3v) is 4.12. The predicted octanol–water partition coefficient (Wildman–Crippen LogP) is 2.83. The molecule has 0 aliphatic heterocycles. The molecule has 0 saturated carbocycles. The largest absolute Gasteiger partial charge is 0.384 e. The number of hydrogen-bond donors (Lipinski definition) is 2. The molecule has 24 heavy (non-hydrogen) atoms. The van der Waals surface area contributed by atoms with Crippen molar-refractivity contribution in [3.63, 3.8) is 0 Å². The maximum atomic E-state index is 10.7. The number of benzene rings is 2. The number of hydrogen-bond acceptors (Lipinski definition) is 4. The van der Waals surface area contributed by atoms with Gasteiger partial charge >= 0.3 is 0 Å². The van der Waals surface area contributed by atoms with Crippen LogP contribution >= 0.6 is 0 Å². The Labute approximate surface area is 142 Å². The lowest BCUT2D eigenvalue weighted by atomic mass is 9.96. The average Bonchev–Trinajstić information content (AvgIpc) is 3.11. The van der Waals surface area contributed by atoms with Crippen LogP contribution in [0.5, 0.6) is 0 Å². The van der Waals surface area contributed by atoms with Gasteiger partial charge in [0.2, 0.25) is 0 Å². The molecule has 0 radical (unpaired) electrons. The van der Waals surface area contributed by atoms with Gasteiger partial charge in [-0.2, -0.15) is 0 Å². The van der Waals surface area contributed by atoms with E-state index < -0.39 is 5.60 Å². The molecule has 2 atom stereocenters. The van der Waals surface area contributed by atoms with Gasteiger partial charge in [-0.15, -0.1) is 5.10 Å². The summed E-state index contributed by atoms with van der Waals surface area (Å²) in [6.45, 7) is 4.25. The van der Waals surface area contributed by atoms with E-state index in [0.29, 0.717) is 6.54 Å². The van der Waals surface area contributed by atoms with Gasteiger partial charge in [-0.05, 0) is 31.5 Å². The quantitative estimate of drug-likeness (QED) is 0.732. The van der Waals surface area contributed by atoms with Crippen LogP contribution < -0.4 is 5.32 Å². The molecular formula is C19H22N4O. The molecule has 5 heteroatoms. The Kier molecular flexibility index (Phi) is 4.74. The normalized spacial score (nSPS) is 15.0. The minimum atomic E-state index is -0.940. The first-order valence-electron chi connectivity index (χ1n) is 8.05. The molecule has 0 bridgehead atoms. The smallest absolute Gasteiger partial charge is 0.0998 e. The van der Waals surface area contributed by atoms with Crippen molar-refractivity contribution in [2.24, 2.45) is 0 Å². The van der Waals surface area contributed by atoms with Crippen LogP contribution in [0.1, 0.15) is 31.1 Å². The Bertz CT molecular complexity index is 768. The van der Waals surface area contributed by atoms with E-state index in [9.17, 15) is 5.11 Å². The molecule has 0 fully saturated rings. The second-order valence-electron chi connectivity index (χ2n) is 6.17. The van der Waals surface area contributed by atoms with Crippen LogP contribution in [0.4, 0.5) is 0 Å². The first-order chi connectivity index (χ1) is 11.6. The fourth-order valence-electron chi connectivity index (χ4n) is 2.54. The van der Waals surface area contributed by atoms with E-state index >= 15 is 0 Å². The molecular weight excluding hydrogens is 300 g/mol. The van der Waals surface area contributed by atoms with Crippen LogP contribution in [0.3, 0.4) is 0 Å². The fraction of sp³-hybridized carbons (Fsp3) is 0.263. The van der Waals surface area contributed by atoms with Crippen LogP contribution in [0.15, 0.2) is 66.9 Å². The first-order valence-corrected chi connectivity index (χ1v) is 8.05. The van der Waals surface area contributed by atoms with Gasteiger partial charge in [-0.1, -0.05) is 53.7 Å². The molecule has 1 heterocycles. The Morgan fingerprint density at radius 1 is 1.08 bits per heavy atom. The Morgan fingerprint density at radius 3 is 2.38 bits per heavy atom. The SMILES string of the molecule is CC(NCC(C)(O)c1ccccc1)c1cn(-c2ccccc2)nn1. The molecule has 0 aliphatic rings. The van der Waals surface area contributed by atoms with E-state index in [1.807, 2.05) is 80.7 Å². The summed E-state index contributed by atoms with van der Waals surface area (Å²) in [5.74, 6) is 0. The van der Waals surface area contributed by atoms with E-state index in [-0.39, 0.29) is 6.04 Å². The molecule has 124 valence electrons. The van der Waals surface area contributed by atoms with Crippen LogP contribution in [0, 0.1) is 0 Å². The van der Waals surface area contributed by atoms with Crippen molar-refractivity contribution < 1.29 is 5.11 Å². The second kappa shape index (κ2) is 6.95.